The number of rotatable bonds is 4. The number of amides is 1. The van der Waals surface area contributed by atoms with Crippen LogP contribution in [0.2, 0.25) is 0 Å². The molecule has 1 amide bonds. The van der Waals surface area contributed by atoms with Gasteiger partial charge in [-0.2, -0.15) is 0 Å². The number of hydrogen-bond acceptors (Lipinski definition) is 3. The predicted molar refractivity (Wildman–Crippen MR) is 64.4 cm³/mol. The number of nitrogens with one attached hydrogen (secondary N) is 1. The lowest BCUT2D eigenvalue weighted by atomic mass is 10.1. The maximum absolute atomic E-state index is 11.3. The van der Waals surface area contributed by atoms with Crippen molar-refractivity contribution < 1.29 is 4.79 Å². The van der Waals surface area contributed by atoms with Gasteiger partial charge in [-0.25, -0.2) is 5.84 Å². The summed E-state index contributed by atoms with van der Waals surface area (Å²) >= 11 is 0. The zero-order valence-electron chi connectivity index (χ0n) is 10.0. The van der Waals surface area contributed by atoms with Crippen molar-refractivity contribution in [2.24, 2.45) is 5.84 Å². The molecule has 1 atom stereocenters. The molecule has 1 rings (SSSR count). The Hall–Kier alpha value is -1.39. The molecule has 16 heavy (non-hydrogen) atoms. The quantitative estimate of drug-likeness (QED) is 0.449. The van der Waals surface area contributed by atoms with Crippen molar-refractivity contribution in [2.45, 2.75) is 26.4 Å². The molecule has 1 aromatic carbocycles. The van der Waals surface area contributed by atoms with Gasteiger partial charge >= 0.3 is 0 Å². The molecular weight excluding hydrogens is 202 g/mol. The SMILES string of the molecule is Cc1ccc(CN(C)C(C)C(=O)NN)cc1. The molecule has 4 nitrogen and oxygen atoms in total. The molecule has 0 saturated heterocycles. The number of carbonyl (C=O) groups is 1. The largest absolute Gasteiger partial charge is 0.293 e. The van der Waals surface area contributed by atoms with Crippen LogP contribution in [-0.2, 0) is 11.3 Å². The number of hydrogen-bond donors (Lipinski definition) is 2. The lowest BCUT2D eigenvalue weighted by Gasteiger charge is -2.23. The molecule has 0 saturated carbocycles. The lowest BCUT2D eigenvalue weighted by Crippen LogP contribution is -2.45. The Labute approximate surface area is 96.4 Å². The number of nitrogens with zero attached hydrogens (tertiary/aromatic N) is 1. The summed E-state index contributed by atoms with van der Waals surface area (Å²) in [7, 11) is 1.90. The summed E-state index contributed by atoms with van der Waals surface area (Å²) in [4.78, 5) is 13.3. The Morgan fingerprint density at radius 3 is 2.50 bits per heavy atom. The molecule has 0 heterocycles. The van der Waals surface area contributed by atoms with E-state index < -0.39 is 0 Å². The van der Waals surface area contributed by atoms with Crippen LogP contribution < -0.4 is 11.3 Å². The summed E-state index contributed by atoms with van der Waals surface area (Å²) < 4.78 is 0. The summed E-state index contributed by atoms with van der Waals surface area (Å²) in [6.07, 6.45) is 0. The summed E-state index contributed by atoms with van der Waals surface area (Å²) in [5, 5.41) is 0. The van der Waals surface area contributed by atoms with Crippen LogP contribution in [0.1, 0.15) is 18.1 Å². The van der Waals surface area contributed by atoms with Crippen LogP contribution >= 0.6 is 0 Å². The molecule has 0 aliphatic heterocycles. The van der Waals surface area contributed by atoms with E-state index in [2.05, 4.69) is 36.6 Å². The Balaban J connectivity index is 2.60. The van der Waals surface area contributed by atoms with Gasteiger partial charge in [-0.1, -0.05) is 29.8 Å². The molecule has 0 aromatic heterocycles. The topological polar surface area (TPSA) is 58.4 Å². The first-order valence-electron chi connectivity index (χ1n) is 5.31. The zero-order valence-corrected chi connectivity index (χ0v) is 10.0. The van der Waals surface area contributed by atoms with Crippen LogP contribution in [0.15, 0.2) is 24.3 Å². The van der Waals surface area contributed by atoms with E-state index >= 15 is 0 Å². The van der Waals surface area contributed by atoms with Crippen molar-refractivity contribution in [3.63, 3.8) is 0 Å². The molecule has 0 aliphatic rings. The van der Waals surface area contributed by atoms with Crippen LogP contribution in [-0.4, -0.2) is 23.9 Å². The first-order chi connectivity index (χ1) is 7.54. The summed E-state index contributed by atoms with van der Waals surface area (Å²) in [5.41, 5.74) is 4.58. The third kappa shape index (κ3) is 3.32. The van der Waals surface area contributed by atoms with Gasteiger partial charge < -0.3 is 0 Å². The highest BCUT2D eigenvalue weighted by atomic mass is 16.2. The zero-order chi connectivity index (χ0) is 12.1. The van der Waals surface area contributed by atoms with Gasteiger partial charge in [0.05, 0.1) is 6.04 Å². The lowest BCUT2D eigenvalue weighted by molar-refractivity contribution is -0.125. The third-order valence-electron chi connectivity index (χ3n) is 2.74. The van der Waals surface area contributed by atoms with Gasteiger partial charge in [-0.3, -0.25) is 15.1 Å². The first kappa shape index (κ1) is 12.7. The molecule has 0 aliphatic carbocycles. The minimum absolute atomic E-state index is 0.172. The number of hydrazine groups is 1. The molecule has 0 radical (unpaired) electrons. The molecule has 1 unspecified atom stereocenters. The van der Waals surface area contributed by atoms with Crippen molar-refractivity contribution in [3.05, 3.63) is 35.4 Å². The first-order valence-corrected chi connectivity index (χ1v) is 5.31. The van der Waals surface area contributed by atoms with Gasteiger partial charge in [0, 0.05) is 6.54 Å². The van der Waals surface area contributed by atoms with Gasteiger partial charge in [0.2, 0.25) is 0 Å². The van der Waals surface area contributed by atoms with Crippen molar-refractivity contribution in [2.75, 3.05) is 7.05 Å². The van der Waals surface area contributed by atoms with E-state index in [9.17, 15) is 4.79 Å². The number of likely N-dealkylation sites (N-methyl/N-ethyl adjacent to an activating group) is 1. The smallest absolute Gasteiger partial charge is 0.250 e. The molecule has 88 valence electrons. The number of nitrogens with two attached hydrogens (primary N) is 1. The van der Waals surface area contributed by atoms with Crippen LogP contribution in [0.5, 0.6) is 0 Å². The molecule has 1 aromatic rings. The summed E-state index contributed by atoms with van der Waals surface area (Å²) in [6, 6.07) is 8.04. The normalized spacial score (nSPS) is 12.6. The van der Waals surface area contributed by atoms with Crippen molar-refractivity contribution in [3.8, 4) is 0 Å². The fourth-order valence-corrected chi connectivity index (χ4v) is 1.44. The Morgan fingerprint density at radius 1 is 1.44 bits per heavy atom. The molecule has 0 fully saturated rings. The van der Waals surface area contributed by atoms with E-state index in [-0.39, 0.29) is 11.9 Å². The van der Waals surface area contributed by atoms with Crippen molar-refractivity contribution >= 4 is 5.91 Å². The van der Waals surface area contributed by atoms with Gasteiger partial charge in [-0.15, -0.1) is 0 Å². The second-order valence-corrected chi connectivity index (χ2v) is 4.09. The van der Waals surface area contributed by atoms with E-state index in [4.69, 9.17) is 5.84 Å². The van der Waals surface area contributed by atoms with Gasteiger partial charge in [-0.05, 0) is 26.5 Å². The highest BCUT2D eigenvalue weighted by molar-refractivity contribution is 5.80. The molecule has 0 spiro atoms. The Morgan fingerprint density at radius 2 is 2.00 bits per heavy atom. The molecular formula is C12H19N3O. The van der Waals surface area contributed by atoms with Crippen molar-refractivity contribution in [1.82, 2.24) is 10.3 Å². The Bertz CT molecular complexity index is 348. The number of benzene rings is 1. The van der Waals surface area contributed by atoms with Gasteiger partial charge in [0.15, 0.2) is 0 Å². The minimum Gasteiger partial charge on any atom is -0.293 e. The molecule has 0 bridgehead atoms. The highest BCUT2D eigenvalue weighted by Gasteiger charge is 2.16. The van der Waals surface area contributed by atoms with Gasteiger partial charge in [0.25, 0.3) is 5.91 Å². The van der Waals surface area contributed by atoms with E-state index in [1.165, 1.54) is 11.1 Å². The number of aryl methyl sites for hydroxylation is 1. The van der Waals surface area contributed by atoms with Crippen LogP contribution in [0.3, 0.4) is 0 Å². The second kappa shape index (κ2) is 5.63. The maximum atomic E-state index is 11.3. The standard InChI is InChI=1S/C12H19N3O/c1-9-4-6-11(7-5-9)8-15(3)10(2)12(16)14-13/h4-7,10H,8,13H2,1-3H3,(H,14,16). The monoisotopic (exact) mass is 221 g/mol. The van der Waals surface area contributed by atoms with Crippen LogP contribution in [0, 0.1) is 6.92 Å². The third-order valence-corrected chi connectivity index (χ3v) is 2.74. The van der Waals surface area contributed by atoms with E-state index in [0.29, 0.717) is 0 Å². The fourth-order valence-electron chi connectivity index (χ4n) is 1.44. The van der Waals surface area contributed by atoms with Gasteiger partial charge in [0.1, 0.15) is 0 Å². The fraction of sp³-hybridized carbons (Fsp3) is 0.417. The average Bonchev–Trinajstić information content (AvgIpc) is 2.30. The molecule has 4 heteroatoms. The van der Waals surface area contributed by atoms with Crippen molar-refractivity contribution in [1.29, 1.82) is 0 Å². The van der Waals surface area contributed by atoms with E-state index in [1.54, 1.807) is 0 Å². The summed E-state index contributed by atoms with van der Waals surface area (Å²) in [5.74, 6) is 4.93. The minimum atomic E-state index is -0.230. The number of carbonyl (C=O) groups excluding carboxylic acids is 1. The maximum Gasteiger partial charge on any atom is 0.250 e. The molecule has 3 N–H and O–H groups in total. The van der Waals surface area contributed by atoms with E-state index in [1.807, 2.05) is 18.9 Å². The average molecular weight is 221 g/mol. The van der Waals surface area contributed by atoms with Crippen LogP contribution in [0.4, 0.5) is 0 Å². The summed E-state index contributed by atoms with van der Waals surface area (Å²) in [6.45, 7) is 4.61. The highest BCUT2D eigenvalue weighted by Crippen LogP contribution is 2.07. The second-order valence-electron chi connectivity index (χ2n) is 4.09. The Kier molecular flexibility index (Phi) is 4.46. The van der Waals surface area contributed by atoms with Crippen LogP contribution in [0.25, 0.3) is 0 Å². The van der Waals surface area contributed by atoms with E-state index in [0.717, 1.165) is 6.54 Å². The predicted octanol–water partition coefficient (Wildman–Crippen LogP) is 0.805.